The van der Waals surface area contributed by atoms with Gasteiger partial charge in [-0.15, -0.1) is 0 Å². The Balaban J connectivity index is 2.04. The normalized spacial score (nSPS) is 19.8. The molecule has 32 heavy (non-hydrogen) atoms. The third-order valence-electron chi connectivity index (χ3n) is 5.80. The quantitative estimate of drug-likeness (QED) is 0.273. The van der Waals surface area contributed by atoms with Gasteiger partial charge in [0.25, 0.3) is 0 Å². The number of hydrogen-bond donors (Lipinski definition) is 1. The Morgan fingerprint density at radius 3 is 2.06 bits per heavy atom. The molecule has 3 rings (SSSR count). The minimum absolute atomic E-state index is 0.411. The molecule has 1 aliphatic rings. The van der Waals surface area contributed by atoms with Gasteiger partial charge in [-0.25, -0.2) is 0 Å². The van der Waals surface area contributed by atoms with Gasteiger partial charge in [-0.1, -0.05) is 50.3 Å². The summed E-state index contributed by atoms with van der Waals surface area (Å²) in [6, 6.07) is 16.4. The van der Waals surface area contributed by atoms with E-state index in [1.165, 1.54) is 6.26 Å². The number of carboxylic acid groups (broad SMARTS) is 1. The first-order valence-corrected chi connectivity index (χ1v) is 11.7. The minimum Gasteiger partial charge on any atom is -0.481 e. The van der Waals surface area contributed by atoms with E-state index in [0.717, 1.165) is 0 Å². The molecular weight excluding hydrogens is 540 g/mol. The fourth-order valence-corrected chi connectivity index (χ4v) is 5.19. The van der Waals surface area contributed by atoms with E-state index in [0.29, 0.717) is 32.4 Å². The number of aliphatic carboxylic acids is 1. The van der Waals surface area contributed by atoms with Crippen LogP contribution in [0.1, 0.15) is 38.7 Å². The smallest absolute Gasteiger partial charge is 0.322 e. The zero-order valence-electron chi connectivity index (χ0n) is 18.0. The number of carboxylic acids is 1. The van der Waals surface area contributed by atoms with Gasteiger partial charge in [-0.05, 0) is 86.0 Å². The molecule has 2 aromatic carbocycles. The lowest BCUT2D eigenvalue weighted by Gasteiger charge is -2.27. The highest BCUT2D eigenvalue weighted by Crippen LogP contribution is 2.71. The first-order chi connectivity index (χ1) is 15.1. The summed E-state index contributed by atoms with van der Waals surface area (Å²) in [5, 5.41) is 10.2. The van der Waals surface area contributed by atoms with Crippen molar-refractivity contribution < 1.29 is 24.2 Å². The zero-order chi connectivity index (χ0) is 23.5. The van der Waals surface area contributed by atoms with Crippen molar-refractivity contribution in [2.45, 2.75) is 33.1 Å². The summed E-state index contributed by atoms with van der Waals surface area (Å²) in [7, 11) is 0. The second kappa shape index (κ2) is 9.63. The lowest BCUT2D eigenvalue weighted by molar-refractivity contribution is -0.143. The van der Waals surface area contributed by atoms with Crippen molar-refractivity contribution in [1.82, 2.24) is 0 Å². The molecule has 2 unspecified atom stereocenters. The van der Waals surface area contributed by atoms with E-state index in [1.54, 1.807) is 37.3 Å². The van der Waals surface area contributed by atoms with Gasteiger partial charge in [0, 0.05) is 0 Å². The summed E-state index contributed by atoms with van der Waals surface area (Å²) in [6.45, 7) is 5.50. The standard InChI is InChI=1S/C25H24Br2O5/c1-4-14-31-22(28)19(20(21(26)27)25(23(29)30)15-24(25,2)3)16-10-12-18(13-11-16)32-17-8-6-5-7-9-17/h4-14,19H,15H2,1-3H3,(H,29,30). The number of allylic oxidation sites excluding steroid dienone is 1. The Morgan fingerprint density at radius 1 is 1.03 bits per heavy atom. The number of para-hydroxylation sites is 1. The molecule has 168 valence electrons. The highest BCUT2D eigenvalue weighted by Gasteiger charge is 2.70. The van der Waals surface area contributed by atoms with Gasteiger partial charge in [0.2, 0.25) is 0 Å². The Labute approximate surface area is 204 Å². The molecule has 1 N–H and O–H groups in total. The van der Waals surface area contributed by atoms with Gasteiger partial charge in [0.1, 0.15) is 17.4 Å². The first-order valence-electron chi connectivity index (χ1n) is 10.1. The predicted molar refractivity (Wildman–Crippen MR) is 130 cm³/mol. The maximum atomic E-state index is 13.2. The number of rotatable bonds is 8. The molecular formula is C25H24Br2O5. The lowest BCUT2D eigenvalue weighted by atomic mass is 9.78. The van der Waals surface area contributed by atoms with Crippen molar-refractivity contribution in [2.24, 2.45) is 10.8 Å². The van der Waals surface area contributed by atoms with Gasteiger partial charge in [0.05, 0.1) is 15.1 Å². The maximum Gasteiger partial charge on any atom is 0.322 e. The summed E-state index contributed by atoms with van der Waals surface area (Å²) < 4.78 is 11.6. The Kier molecular flexibility index (Phi) is 7.30. The molecule has 1 aliphatic carbocycles. The molecule has 1 fully saturated rings. The molecule has 2 aromatic rings. The van der Waals surface area contributed by atoms with Crippen molar-refractivity contribution in [3.8, 4) is 11.5 Å². The van der Waals surface area contributed by atoms with Gasteiger partial charge >= 0.3 is 11.9 Å². The average Bonchev–Trinajstić information content (AvgIpc) is 3.34. The Bertz CT molecular complexity index is 1050. The monoisotopic (exact) mass is 562 g/mol. The van der Waals surface area contributed by atoms with Crippen LogP contribution >= 0.6 is 31.9 Å². The van der Waals surface area contributed by atoms with E-state index in [2.05, 4.69) is 31.9 Å². The fourth-order valence-electron chi connectivity index (χ4n) is 4.05. The van der Waals surface area contributed by atoms with Gasteiger partial charge in [0.15, 0.2) is 0 Å². The lowest BCUT2D eigenvalue weighted by Crippen LogP contribution is -2.30. The van der Waals surface area contributed by atoms with E-state index < -0.39 is 28.7 Å². The van der Waals surface area contributed by atoms with Crippen LogP contribution in [0, 0.1) is 10.8 Å². The molecule has 0 amide bonds. The number of carbonyl (C=O) groups excluding carboxylic acids is 1. The number of carbonyl (C=O) groups is 2. The number of benzene rings is 2. The molecule has 2 atom stereocenters. The van der Waals surface area contributed by atoms with E-state index >= 15 is 0 Å². The third-order valence-corrected chi connectivity index (χ3v) is 6.66. The average molecular weight is 564 g/mol. The van der Waals surface area contributed by atoms with Gasteiger partial charge < -0.3 is 14.6 Å². The number of halogens is 2. The summed E-state index contributed by atoms with van der Waals surface area (Å²) in [6.07, 6.45) is 3.31. The van der Waals surface area contributed by atoms with E-state index in [9.17, 15) is 14.7 Å². The van der Waals surface area contributed by atoms with Crippen LogP contribution in [0.15, 0.2) is 75.9 Å². The van der Waals surface area contributed by atoms with E-state index in [1.807, 2.05) is 44.2 Å². The minimum atomic E-state index is -1.20. The summed E-state index contributed by atoms with van der Waals surface area (Å²) in [5.41, 5.74) is -0.680. The van der Waals surface area contributed by atoms with Crippen molar-refractivity contribution in [1.29, 1.82) is 0 Å². The summed E-state index contributed by atoms with van der Waals surface area (Å²) >= 11 is 6.82. The predicted octanol–water partition coefficient (Wildman–Crippen LogP) is 7.14. The van der Waals surface area contributed by atoms with E-state index in [4.69, 9.17) is 9.47 Å². The molecule has 0 radical (unpaired) electrons. The van der Waals surface area contributed by atoms with Crippen LogP contribution in [0.5, 0.6) is 11.5 Å². The Morgan fingerprint density at radius 2 is 1.59 bits per heavy atom. The Hall–Kier alpha value is -2.38. The zero-order valence-corrected chi connectivity index (χ0v) is 21.1. The first kappa shape index (κ1) is 24.3. The largest absolute Gasteiger partial charge is 0.481 e. The maximum absolute atomic E-state index is 13.2. The van der Waals surface area contributed by atoms with E-state index in [-0.39, 0.29) is 0 Å². The van der Waals surface area contributed by atoms with Crippen molar-refractivity contribution in [2.75, 3.05) is 0 Å². The van der Waals surface area contributed by atoms with Crippen LogP contribution in [0.25, 0.3) is 0 Å². The molecule has 1 saturated carbocycles. The van der Waals surface area contributed by atoms with Crippen LogP contribution in [0.2, 0.25) is 0 Å². The number of ether oxygens (including phenoxy) is 2. The fraction of sp³-hybridized carbons (Fsp3) is 0.280. The SMILES string of the molecule is CC=COC(=O)C(C(=C(Br)Br)C1(C(=O)O)CC1(C)C)c1ccc(Oc2ccccc2)cc1. The molecule has 0 bridgehead atoms. The van der Waals surface area contributed by atoms with Crippen molar-refractivity contribution in [3.63, 3.8) is 0 Å². The van der Waals surface area contributed by atoms with Crippen LogP contribution in [-0.4, -0.2) is 17.0 Å². The number of esters is 1. The third kappa shape index (κ3) is 4.69. The molecule has 5 nitrogen and oxygen atoms in total. The molecule has 0 spiro atoms. The van der Waals surface area contributed by atoms with Crippen LogP contribution in [0.3, 0.4) is 0 Å². The second-order valence-corrected chi connectivity index (χ2v) is 10.9. The highest BCUT2D eigenvalue weighted by atomic mass is 79.9. The van der Waals surface area contributed by atoms with Crippen LogP contribution in [-0.2, 0) is 14.3 Å². The summed E-state index contributed by atoms with van der Waals surface area (Å²) in [5.74, 6) is -1.17. The second-order valence-electron chi connectivity index (χ2n) is 8.27. The van der Waals surface area contributed by atoms with Gasteiger partial charge in [-0.3, -0.25) is 9.59 Å². The number of hydrogen-bond acceptors (Lipinski definition) is 4. The van der Waals surface area contributed by atoms with Crippen LogP contribution in [0.4, 0.5) is 0 Å². The van der Waals surface area contributed by atoms with Gasteiger partial charge in [-0.2, -0.15) is 0 Å². The van der Waals surface area contributed by atoms with Crippen molar-refractivity contribution in [3.05, 3.63) is 81.5 Å². The molecule has 0 heterocycles. The molecule has 0 aliphatic heterocycles. The van der Waals surface area contributed by atoms with Crippen LogP contribution < -0.4 is 4.74 Å². The molecule has 7 heteroatoms. The molecule has 0 saturated heterocycles. The summed E-state index contributed by atoms with van der Waals surface area (Å²) in [4.78, 5) is 25.6. The van der Waals surface area contributed by atoms with Crippen molar-refractivity contribution >= 4 is 43.8 Å². The topological polar surface area (TPSA) is 72.8 Å². The molecule has 0 aromatic heterocycles. The highest BCUT2D eigenvalue weighted by molar-refractivity contribution is 9.28.